The molecule has 1 aromatic heterocycles. The Bertz CT molecular complexity index is 599. The van der Waals surface area contributed by atoms with Crippen LogP contribution in [0.3, 0.4) is 0 Å². The minimum Gasteiger partial charge on any atom is -0.355 e. The largest absolute Gasteiger partial charge is 0.355 e. The zero-order valence-electron chi connectivity index (χ0n) is 14.9. The Labute approximate surface area is 153 Å². The van der Waals surface area contributed by atoms with Gasteiger partial charge in [0.1, 0.15) is 34.9 Å². The molecule has 0 amide bonds. The molecule has 0 spiro atoms. The van der Waals surface area contributed by atoms with Gasteiger partial charge in [0.2, 0.25) is 0 Å². The van der Waals surface area contributed by atoms with E-state index in [9.17, 15) is 0 Å². The number of aromatic nitrogens is 2. The third-order valence-electron chi connectivity index (χ3n) is 4.34. The summed E-state index contributed by atoms with van der Waals surface area (Å²) in [7, 11) is 0. The molecule has 2 aliphatic rings. The van der Waals surface area contributed by atoms with Gasteiger partial charge in [-0.1, -0.05) is 32.4 Å². The van der Waals surface area contributed by atoms with Crippen molar-refractivity contribution in [2.45, 2.75) is 76.1 Å². The van der Waals surface area contributed by atoms with Crippen molar-refractivity contribution >= 4 is 29.2 Å². The molecule has 1 aromatic rings. The number of rotatable bonds is 5. The number of fused-ring (bicyclic) bond motifs is 1. The SMILES string of the molecule is CC[C@H]1S[C@@H](Nc2ncnc(Cl)c2CC(C)C)[C@@H]2OC(C)(C)O[C@@H]21. The van der Waals surface area contributed by atoms with Gasteiger partial charge in [-0.15, -0.1) is 11.8 Å². The standard InChI is InChI=1S/C17H26ClN3O2S/c1-6-11-12-13(23-17(4,5)22-12)16(24-11)21-15-10(7-9(2)3)14(18)19-8-20-15/h8-9,11-13,16H,6-7H2,1-5H3,(H,19,20,21)/t11-,12-,13-,16-/m1/s1. The lowest BCUT2D eigenvalue weighted by atomic mass is 10.0. The molecule has 0 radical (unpaired) electrons. The van der Waals surface area contributed by atoms with Crippen LogP contribution in [-0.4, -0.2) is 38.6 Å². The predicted octanol–water partition coefficient (Wildman–Crippen LogP) is 4.11. The second-order valence-corrected chi connectivity index (χ2v) is 9.05. The van der Waals surface area contributed by atoms with E-state index in [4.69, 9.17) is 21.1 Å². The van der Waals surface area contributed by atoms with Gasteiger partial charge in [-0.2, -0.15) is 0 Å². The topological polar surface area (TPSA) is 56.3 Å². The first kappa shape index (κ1) is 18.2. The molecular formula is C17H26ClN3O2S. The summed E-state index contributed by atoms with van der Waals surface area (Å²) in [5, 5.41) is 4.59. The average Bonchev–Trinajstić information content (AvgIpc) is 2.96. The molecular weight excluding hydrogens is 346 g/mol. The van der Waals surface area contributed by atoms with Crippen LogP contribution in [-0.2, 0) is 15.9 Å². The zero-order valence-corrected chi connectivity index (χ0v) is 16.4. The van der Waals surface area contributed by atoms with Gasteiger partial charge < -0.3 is 14.8 Å². The highest BCUT2D eigenvalue weighted by molar-refractivity contribution is 8.01. The Kier molecular flexibility index (Phi) is 5.30. The first-order valence-electron chi connectivity index (χ1n) is 8.57. The molecule has 3 rings (SSSR count). The summed E-state index contributed by atoms with van der Waals surface area (Å²) < 4.78 is 12.3. The summed E-state index contributed by atoms with van der Waals surface area (Å²) in [6, 6.07) is 0. The molecule has 7 heteroatoms. The van der Waals surface area contributed by atoms with E-state index in [2.05, 4.69) is 36.1 Å². The Morgan fingerprint density at radius 2 is 2.00 bits per heavy atom. The summed E-state index contributed by atoms with van der Waals surface area (Å²) in [5.74, 6) is 0.754. The molecule has 0 bridgehead atoms. The van der Waals surface area contributed by atoms with Crippen LogP contribution in [0.1, 0.15) is 46.6 Å². The predicted molar refractivity (Wildman–Crippen MR) is 98.5 cm³/mol. The quantitative estimate of drug-likeness (QED) is 0.786. The molecule has 5 nitrogen and oxygen atoms in total. The van der Waals surface area contributed by atoms with Crippen LogP contribution in [0.5, 0.6) is 0 Å². The second-order valence-electron chi connectivity index (χ2n) is 7.30. The van der Waals surface area contributed by atoms with Crippen molar-refractivity contribution in [2.75, 3.05) is 5.32 Å². The number of halogens is 1. The van der Waals surface area contributed by atoms with E-state index >= 15 is 0 Å². The molecule has 134 valence electrons. The smallest absolute Gasteiger partial charge is 0.163 e. The van der Waals surface area contributed by atoms with Crippen LogP contribution in [0, 0.1) is 5.92 Å². The normalized spacial score (nSPS) is 31.5. The fourth-order valence-electron chi connectivity index (χ4n) is 3.37. The number of nitrogens with zero attached hydrogens (tertiary/aromatic N) is 2. The highest BCUT2D eigenvalue weighted by Crippen LogP contribution is 2.47. The lowest BCUT2D eigenvalue weighted by Gasteiger charge is -2.24. The molecule has 4 atom stereocenters. The lowest BCUT2D eigenvalue weighted by Crippen LogP contribution is -2.34. The second kappa shape index (κ2) is 6.98. The maximum Gasteiger partial charge on any atom is 0.163 e. The summed E-state index contributed by atoms with van der Waals surface area (Å²) in [4.78, 5) is 8.58. The van der Waals surface area contributed by atoms with Gasteiger partial charge in [-0.3, -0.25) is 0 Å². The maximum atomic E-state index is 6.32. The molecule has 3 heterocycles. The van der Waals surface area contributed by atoms with Crippen LogP contribution < -0.4 is 5.32 Å². The third kappa shape index (κ3) is 3.66. The first-order valence-corrected chi connectivity index (χ1v) is 9.89. The van der Waals surface area contributed by atoms with Crippen LogP contribution in [0.4, 0.5) is 5.82 Å². The lowest BCUT2D eigenvalue weighted by molar-refractivity contribution is -0.147. The Morgan fingerprint density at radius 3 is 2.67 bits per heavy atom. The monoisotopic (exact) mass is 371 g/mol. The van der Waals surface area contributed by atoms with Crippen LogP contribution >= 0.6 is 23.4 Å². The molecule has 0 aliphatic carbocycles. The molecule has 0 unspecified atom stereocenters. The van der Waals surface area contributed by atoms with Crippen molar-refractivity contribution in [3.05, 3.63) is 17.0 Å². The van der Waals surface area contributed by atoms with E-state index in [1.165, 1.54) is 6.33 Å². The Balaban J connectivity index is 1.82. The van der Waals surface area contributed by atoms with Gasteiger partial charge in [-0.25, -0.2) is 9.97 Å². The number of anilines is 1. The van der Waals surface area contributed by atoms with E-state index in [1.807, 2.05) is 25.6 Å². The highest BCUT2D eigenvalue weighted by atomic mass is 35.5. The van der Waals surface area contributed by atoms with Crippen molar-refractivity contribution < 1.29 is 9.47 Å². The van der Waals surface area contributed by atoms with Gasteiger partial charge in [0.25, 0.3) is 0 Å². The van der Waals surface area contributed by atoms with E-state index in [0.717, 1.165) is 24.2 Å². The number of nitrogens with one attached hydrogen (secondary N) is 1. The fraction of sp³-hybridized carbons (Fsp3) is 0.765. The van der Waals surface area contributed by atoms with Crippen molar-refractivity contribution in [2.24, 2.45) is 5.92 Å². The molecule has 0 saturated carbocycles. The van der Waals surface area contributed by atoms with E-state index in [-0.39, 0.29) is 17.6 Å². The minimum absolute atomic E-state index is 0.00981. The van der Waals surface area contributed by atoms with Gasteiger partial charge in [0, 0.05) is 10.8 Å². The van der Waals surface area contributed by atoms with Gasteiger partial charge in [0.05, 0.1) is 0 Å². The average molecular weight is 372 g/mol. The third-order valence-corrected chi connectivity index (χ3v) is 6.29. The number of thioether (sulfide) groups is 1. The van der Waals surface area contributed by atoms with E-state index in [0.29, 0.717) is 16.3 Å². The fourth-order valence-corrected chi connectivity index (χ4v) is 5.06. The Morgan fingerprint density at radius 1 is 1.29 bits per heavy atom. The van der Waals surface area contributed by atoms with E-state index < -0.39 is 5.79 Å². The van der Waals surface area contributed by atoms with Gasteiger partial charge >= 0.3 is 0 Å². The molecule has 0 aromatic carbocycles. The molecule has 2 aliphatic heterocycles. The molecule has 24 heavy (non-hydrogen) atoms. The zero-order chi connectivity index (χ0) is 17.5. The van der Waals surface area contributed by atoms with Crippen LogP contribution in [0.2, 0.25) is 5.15 Å². The number of ether oxygens (including phenoxy) is 2. The van der Waals surface area contributed by atoms with Crippen LogP contribution in [0.15, 0.2) is 6.33 Å². The number of hydrogen-bond acceptors (Lipinski definition) is 6. The van der Waals surface area contributed by atoms with Crippen molar-refractivity contribution in [3.63, 3.8) is 0 Å². The highest BCUT2D eigenvalue weighted by Gasteiger charge is 2.54. The van der Waals surface area contributed by atoms with Gasteiger partial charge in [-0.05, 0) is 32.6 Å². The molecule has 2 saturated heterocycles. The number of hydrogen-bond donors (Lipinski definition) is 1. The van der Waals surface area contributed by atoms with Gasteiger partial charge in [0.15, 0.2) is 5.79 Å². The summed E-state index contributed by atoms with van der Waals surface area (Å²) in [6.07, 6.45) is 3.52. The maximum absolute atomic E-state index is 6.32. The molecule has 1 N–H and O–H groups in total. The van der Waals surface area contributed by atoms with Crippen molar-refractivity contribution in [1.82, 2.24) is 9.97 Å². The Hall–Kier alpha value is -0.560. The summed E-state index contributed by atoms with van der Waals surface area (Å²) in [6.45, 7) is 10.5. The molecule has 2 fully saturated rings. The summed E-state index contributed by atoms with van der Waals surface area (Å²) >= 11 is 8.18. The summed E-state index contributed by atoms with van der Waals surface area (Å²) in [5.41, 5.74) is 0.976. The van der Waals surface area contributed by atoms with Crippen LogP contribution in [0.25, 0.3) is 0 Å². The first-order chi connectivity index (χ1) is 11.3. The van der Waals surface area contributed by atoms with Crippen molar-refractivity contribution in [1.29, 1.82) is 0 Å². The van der Waals surface area contributed by atoms with Crippen molar-refractivity contribution in [3.8, 4) is 0 Å². The van der Waals surface area contributed by atoms with E-state index in [1.54, 1.807) is 0 Å². The minimum atomic E-state index is -0.534.